The maximum atomic E-state index is 12.2. The second-order valence-corrected chi connectivity index (χ2v) is 5.92. The fraction of sp³-hybridized carbons (Fsp3) is 0.471. The van der Waals surface area contributed by atoms with Gasteiger partial charge < -0.3 is 19.5 Å². The summed E-state index contributed by atoms with van der Waals surface area (Å²) in [6.07, 6.45) is 0.692. The Morgan fingerprint density at radius 3 is 2.79 bits per heavy atom. The Morgan fingerprint density at radius 1 is 1.42 bits per heavy atom. The number of carbonyl (C=O) groups excluding carboxylic acids is 1. The lowest BCUT2D eigenvalue weighted by Gasteiger charge is -2.17. The summed E-state index contributed by atoms with van der Waals surface area (Å²) < 4.78 is 10.5. The van der Waals surface area contributed by atoms with Crippen LogP contribution in [0.5, 0.6) is 5.75 Å². The third kappa shape index (κ3) is 4.47. The number of hydrogen-bond acceptors (Lipinski definition) is 6. The second-order valence-electron chi connectivity index (χ2n) is 5.92. The van der Waals surface area contributed by atoms with Gasteiger partial charge in [0.05, 0.1) is 13.2 Å². The number of methoxy groups -OCH3 is 1. The summed E-state index contributed by atoms with van der Waals surface area (Å²) in [6.45, 7) is 3.95. The summed E-state index contributed by atoms with van der Waals surface area (Å²) in [5.74, 6) is 1.65. The molecule has 1 aromatic carbocycles. The van der Waals surface area contributed by atoms with Crippen molar-refractivity contribution in [1.82, 2.24) is 15.5 Å². The van der Waals surface area contributed by atoms with Crippen molar-refractivity contribution < 1.29 is 14.1 Å². The number of aryl methyl sites for hydroxylation is 2. The van der Waals surface area contributed by atoms with Crippen LogP contribution in [0, 0.1) is 6.92 Å². The molecular weight excluding hydrogens is 308 g/mol. The predicted molar refractivity (Wildman–Crippen MR) is 91.2 cm³/mol. The molecule has 130 valence electrons. The first kappa shape index (κ1) is 17.8. The van der Waals surface area contributed by atoms with E-state index in [4.69, 9.17) is 9.26 Å². The zero-order valence-corrected chi connectivity index (χ0v) is 14.8. The largest absolute Gasteiger partial charge is 0.496 e. The maximum Gasteiger partial charge on any atom is 0.265 e. The normalized spacial score (nSPS) is 11.9. The van der Waals surface area contributed by atoms with Gasteiger partial charge in [-0.15, -0.1) is 0 Å². The van der Waals surface area contributed by atoms with Crippen LogP contribution in [0.3, 0.4) is 0 Å². The molecule has 2 aromatic rings. The van der Waals surface area contributed by atoms with Gasteiger partial charge in [-0.25, -0.2) is 0 Å². The molecule has 0 spiro atoms. The second kappa shape index (κ2) is 7.81. The highest BCUT2D eigenvalue weighted by atomic mass is 16.5. The van der Waals surface area contributed by atoms with Gasteiger partial charge in [0.15, 0.2) is 0 Å². The Hall–Kier alpha value is -2.57. The molecule has 1 aromatic heterocycles. The number of rotatable bonds is 7. The molecule has 1 N–H and O–H groups in total. The van der Waals surface area contributed by atoms with Crippen LogP contribution in [0.15, 0.2) is 22.7 Å². The third-order valence-electron chi connectivity index (χ3n) is 3.65. The Labute approximate surface area is 142 Å². The predicted octanol–water partition coefficient (Wildman–Crippen LogP) is 2.26. The van der Waals surface area contributed by atoms with Crippen molar-refractivity contribution in [3.05, 3.63) is 35.2 Å². The van der Waals surface area contributed by atoms with Crippen LogP contribution >= 0.6 is 0 Å². The standard InChI is InChI=1S/C17H24N4O3/c1-11-6-7-14(23-5)13(10-11)12(2)18-15(22)8-9-16-19-17(20-24-16)21(3)4/h6-7,10,12H,8-9H2,1-5H3,(H,18,22)/t12-/m1/s1. The quantitative estimate of drug-likeness (QED) is 0.838. The zero-order valence-electron chi connectivity index (χ0n) is 14.8. The van der Waals surface area contributed by atoms with Gasteiger partial charge in [-0.3, -0.25) is 4.79 Å². The molecule has 0 saturated carbocycles. The van der Waals surface area contributed by atoms with Gasteiger partial charge in [-0.05, 0) is 25.1 Å². The van der Waals surface area contributed by atoms with E-state index < -0.39 is 0 Å². The van der Waals surface area contributed by atoms with E-state index in [-0.39, 0.29) is 18.4 Å². The molecule has 7 heteroatoms. The molecule has 0 fully saturated rings. The minimum absolute atomic E-state index is 0.0735. The maximum absolute atomic E-state index is 12.2. The molecule has 1 amide bonds. The summed E-state index contributed by atoms with van der Waals surface area (Å²) in [6, 6.07) is 5.77. The average molecular weight is 332 g/mol. The minimum Gasteiger partial charge on any atom is -0.496 e. The van der Waals surface area contributed by atoms with Gasteiger partial charge in [-0.2, -0.15) is 4.98 Å². The number of nitrogens with zero attached hydrogens (tertiary/aromatic N) is 3. The van der Waals surface area contributed by atoms with Crippen molar-refractivity contribution >= 4 is 11.9 Å². The molecule has 0 aliphatic carbocycles. The number of amides is 1. The van der Waals surface area contributed by atoms with Gasteiger partial charge >= 0.3 is 0 Å². The smallest absolute Gasteiger partial charge is 0.265 e. The molecule has 0 aliphatic heterocycles. The Morgan fingerprint density at radius 2 is 2.17 bits per heavy atom. The van der Waals surface area contributed by atoms with Crippen LogP contribution in [0.4, 0.5) is 5.95 Å². The van der Waals surface area contributed by atoms with Crippen molar-refractivity contribution in [2.24, 2.45) is 0 Å². The van der Waals surface area contributed by atoms with Crippen molar-refractivity contribution in [3.8, 4) is 5.75 Å². The van der Waals surface area contributed by atoms with E-state index in [1.165, 1.54) is 0 Å². The van der Waals surface area contributed by atoms with E-state index in [1.807, 2.05) is 46.1 Å². The van der Waals surface area contributed by atoms with Crippen molar-refractivity contribution in [3.63, 3.8) is 0 Å². The molecule has 0 bridgehead atoms. The van der Waals surface area contributed by atoms with Gasteiger partial charge in [0, 0.05) is 32.5 Å². The third-order valence-corrected chi connectivity index (χ3v) is 3.65. The molecule has 0 aliphatic rings. The fourth-order valence-electron chi connectivity index (χ4n) is 2.33. The molecule has 1 heterocycles. The van der Waals surface area contributed by atoms with E-state index in [1.54, 1.807) is 12.0 Å². The molecular formula is C17H24N4O3. The van der Waals surface area contributed by atoms with Crippen molar-refractivity contribution in [2.75, 3.05) is 26.1 Å². The van der Waals surface area contributed by atoms with Crippen molar-refractivity contribution in [2.45, 2.75) is 32.7 Å². The lowest BCUT2D eigenvalue weighted by molar-refractivity contribution is -0.121. The number of ether oxygens (including phenoxy) is 1. The van der Waals surface area contributed by atoms with E-state index in [9.17, 15) is 4.79 Å². The molecule has 1 atom stereocenters. The first-order chi connectivity index (χ1) is 11.4. The molecule has 2 rings (SSSR count). The van der Waals surface area contributed by atoms with Gasteiger partial charge in [0.2, 0.25) is 11.8 Å². The summed E-state index contributed by atoms with van der Waals surface area (Å²) in [7, 11) is 5.29. The van der Waals surface area contributed by atoms with Gasteiger partial charge in [-0.1, -0.05) is 17.7 Å². The van der Waals surface area contributed by atoms with Crippen LogP contribution in [-0.4, -0.2) is 37.3 Å². The number of anilines is 1. The number of carbonyl (C=O) groups is 1. The highest BCUT2D eigenvalue weighted by Crippen LogP contribution is 2.26. The summed E-state index contributed by atoms with van der Waals surface area (Å²) in [5.41, 5.74) is 2.08. The number of aromatic nitrogens is 2. The van der Waals surface area contributed by atoms with Crippen LogP contribution in [0.1, 0.15) is 36.4 Å². The number of benzene rings is 1. The zero-order chi connectivity index (χ0) is 17.7. The molecule has 7 nitrogen and oxygen atoms in total. The summed E-state index contributed by atoms with van der Waals surface area (Å²) in [5, 5.41) is 6.80. The summed E-state index contributed by atoms with van der Waals surface area (Å²) >= 11 is 0. The fourth-order valence-corrected chi connectivity index (χ4v) is 2.33. The number of nitrogens with one attached hydrogen (secondary N) is 1. The van der Waals surface area contributed by atoms with Crippen molar-refractivity contribution in [1.29, 1.82) is 0 Å². The average Bonchev–Trinajstić information content (AvgIpc) is 3.02. The number of hydrogen-bond donors (Lipinski definition) is 1. The lowest BCUT2D eigenvalue weighted by Crippen LogP contribution is -2.27. The molecule has 0 unspecified atom stereocenters. The van der Waals surface area contributed by atoms with Gasteiger partial charge in [0.25, 0.3) is 5.95 Å². The molecule has 0 radical (unpaired) electrons. The SMILES string of the molecule is COc1ccc(C)cc1[C@@H](C)NC(=O)CCc1nc(N(C)C)no1. The van der Waals surface area contributed by atoms with E-state index in [0.717, 1.165) is 16.9 Å². The Bertz CT molecular complexity index is 697. The first-order valence-electron chi connectivity index (χ1n) is 7.84. The van der Waals surface area contributed by atoms with Crippen LogP contribution in [-0.2, 0) is 11.2 Å². The van der Waals surface area contributed by atoms with E-state index in [2.05, 4.69) is 15.5 Å². The Kier molecular flexibility index (Phi) is 5.78. The topological polar surface area (TPSA) is 80.5 Å². The first-order valence-corrected chi connectivity index (χ1v) is 7.84. The minimum atomic E-state index is -0.146. The van der Waals surface area contributed by atoms with Crippen LogP contribution in [0.2, 0.25) is 0 Å². The molecule has 24 heavy (non-hydrogen) atoms. The molecule has 0 saturated heterocycles. The van der Waals surface area contributed by atoms with E-state index >= 15 is 0 Å². The van der Waals surface area contributed by atoms with Gasteiger partial charge in [0.1, 0.15) is 5.75 Å². The lowest BCUT2D eigenvalue weighted by atomic mass is 10.0. The Balaban J connectivity index is 1.93. The monoisotopic (exact) mass is 332 g/mol. The van der Waals surface area contributed by atoms with Crippen LogP contribution < -0.4 is 15.0 Å². The highest BCUT2D eigenvalue weighted by molar-refractivity contribution is 5.76. The highest BCUT2D eigenvalue weighted by Gasteiger charge is 2.15. The van der Waals surface area contributed by atoms with E-state index in [0.29, 0.717) is 18.3 Å². The van der Waals surface area contributed by atoms with Crippen LogP contribution in [0.25, 0.3) is 0 Å². The summed E-state index contributed by atoms with van der Waals surface area (Å²) in [4.78, 5) is 18.1.